The molecular formula is C25H28N2O3. The van der Waals surface area contributed by atoms with E-state index < -0.39 is 6.04 Å². The maximum atomic E-state index is 13.2. The average Bonchev–Trinajstić information content (AvgIpc) is 2.77. The van der Waals surface area contributed by atoms with Crippen molar-refractivity contribution in [3.63, 3.8) is 0 Å². The molecule has 3 aromatic carbocycles. The molecule has 5 heteroatoms. The molecule has 0 heterocycles. The number of hydrogen-bond donors (Lipinski definition) is 2. The summed E-state index contributed by atoms with van der Waals surface area (Å²) < 4.78 is 10.7. The Balaban J connectivity index is 1.81. The van der Waals surface area contributed by atoms with Gasteiger partial charge in [-0.25, -0.2) is 0 Å². The van der Waals surface area contributed by atoms with E-state index >= 15 is 0 Å². The number of nitrogens with one attached hydrogen (secondary N) is 2. The van der Waals surface area contributed by atoms with Crippen LogP contribution in [0, 0.1) is 13.8 Å². The van der Waals surface area contributed by atoms with Crippen molar-refractivity contribution in [1.82, 2.24) is 5.32 Å². The molecule has 0 saturated carbocycles. The number of benzene rings is 3. The molecule has 0 fully saturated rings. The Bertz CT molecular complexity index is 1000. The molecule has 1 atom stereocenters. The van der Waals surface area contributed by atoms with Gasteiger partial charge in [-0.15, -0.1) is 0 Å². The Hall–Kier alpha value is -3.31. The number of carbonyl (C=O) groups excluding carboxylic acids is 1. The van der Waals surface area contributed by atoms with Crippen LogP contribution >= 0.6 is 0 Å². The first-order chi connectivity index (χ1) is 14.5. The Morgan fingerprint density at radius 3 is 2.33 bits per heavy atom. The second-order valence-electron chi connectivity index (χ2n) is 7.22. The normalized spacial score (nSPS) is 11.6. The van der Waals surface area contributed by atoms with E-state index in [1.54, 1.807) is 14.2 Å². The second-order valence-corrected chi connectivity index (χ2v) is 7.22. The third-order valence-electron chi connectivity index (χ3n) is 5.00. The summed E-state index contributed by atoms with van der Waals surface area (Å²) in [4.78, 5) is 13.2. The molecule has 0 aromatic heterocycles. The van der Waals surface area contributed by atoms with Crippen LogP contribution in [0.1, 0.15) is 28.3 Å². The van der Waals surface area contributed by atoms with Crippen LogP contribution in [0.15, 0.2) is 66.7 Å². The molecule has 156 valence electrons. The van der Waals surface area contributed by atoms with Crippen molar-refractivity contribution in [3.05, 3.63) is 89.0 Å². The smallest absolute Gasteiger partial charge is 0.246 e. The minimum absolute atomic E-state index is 0.102. The highest BCUT2D eigenvalue weighted by Gasteiger charge is 2.21. The molecule has 0 aliphatic heterocycles. The largest absolute Gasteiger partial charge is 0.493 e. The average molecular weight is 405 g/mol. The molecule has 0 radical (unpaired) electrons. The van der Waals surface area contributed by atoms with Crippen molar-refractivity contribution in [2.45, 2.75) is 26.4 Å². The molecule has 2 N–H and O–H groups in total. The number of carbonyl (C=O) groups is 1. The van der Waals surface area contributed by atoms with Crippen molar-refractivity contribution in [1.29, 1.82) is 0 Å². The zero-order valence-corrected chi connectivity index (χ0v) is 17.9. The van der Waals surface area contributed by atoms with Gasteiger partial charge in [0.2, 0.25) is 5.91 Å². The highest BCUT2D eigenvalue weighted by Crippen LogP contribution is 2.28. The lowest BCUT2D eigenvalue weighted by Gasteiger charge is -2.20. The molecule has 3 rings (SSSR count). The summed E-state index contributed by atoms with van der Waals surface area (Å²) in [6.07, 6.45) is 0. The number of rotatable bonds is 8. The lowest BCUT2D eigenvalue weighted by atomic mass is 10.0. The van der Waals surface area contributed by atoms with E-state index in [1.807, 2.05) is 80.6 Å². The highest BCUT2D eigenvalue weighted by molar-refractivity contribution is 5.96. The van der Waals surface area contributed by atoms with E-state index in [0.29, 0.717) is 18.0 Å². The summed E-state index contributed by atoms with van der Waals surface area (Å²) in [6.45, 7) is 4.50. The summed E-state index contributed by atoms with van der Waals surface area (Å²) in [6, 6.07) is 21.0. The summed E-state index contributed by atoms with van der Waals surface area (Å²) in [5.41, 5.74) is 4.86. The van der Waals surface area contributed by atoms with Gasteiger partial charge >= 0.3 is 0 Å². The fourth-order valence-corrected chi connectivity index (χ4v) is 3.29. The highest BCUT2D eigenvalue weighted by atomic mass is 16.5. The van der Waals surface area contributed by atoms with Gasteiger partial charge < -0.3 is 14.8 Å². The number of anilines is 1. The minimum atomic E-state index is -0.501. The van der Waals surface area contributed by atoms with Crippen LogP contribution in [0.2, 0.25) is 0 Å². The monoisotopic (exact) mass is 404 g/mol. The Kier molecular flexibility index (Phi) is 7.09. The maximum Gasteiger partial charge on any atom is 0.246 e. The fraction of sp³-hybridized carbons (Fsp3) is 0.240. The zero-order valence-electron chi connectivity index (χ0n) is 17.9. The van der Waals surface area contributed by atoms with Gasteiger partial charge in [-0.2, -0.15) is 0 Å². The van der Waals surface area contributed by atoms with Crippen LogP contribution < -0.4 is 20.1 Å². The predicted octanol–water partition coefficient (Wildman–Crippen LogP) is 4.79. The van der Waals surface area contributed by atoms with Gasteiger partial charge in [-0.3, -0.25) is 10.1 Å². The molecule has 5 nitrogen and oxygen atoms in total. The van der Waals surface area contributed by atoms with Gasteiger partial charge in [-0.05, 0) is 54.3 Å². The molecule has 0 bridgehead atoms. The van der Waals surface area contributed by atoms with Crippen LogP contribution in [-0.4, -0.2) is 20.1 Å². The van der Waals surface area contributed by atoms with E-state index in [9.17, 15) is 4.79 Å². The summed E-state index contributed by atoms with van der Waals surface area (Å²) >= 11 is 0. The second kappa shape index (κ2) is 9.94. The van der Waals surface area contributed by atoms with Crippen LogP contribution in [-0.2, 0) is 11.3 Å². The zero-order chi connectivity index (χ0) is 21.5. The van der Waals surface area contributed by atoms with Crippen molar-refractivity contribution in [2.75, 3.05) is 19.5 Å². The van der Waals surface area contributed by atoms with Crippen LogP contribution in [0.25, 0.3) is 0 Å². The van der Waals surface area contributed by atoms with Gasteiger partial charge in [0.1, 0.15) is 6.04 Å². The Labute approximate surface area is 178 Å². The predicted molar refractivity (Wildman–Crippen MR) is 120 cm³/mol. The van der Waals surface area contributed by atoms with Gasteiger partial charge in [-0.1, -0.05) is 48.5 Å². The van der Waals surface area contributed by atoms with Crippen LogP contribution in [0.4, 0.5) is 5.69 Å². The summed E-state index contributed by atoms with van der Waals surface area (Å²) in [5.74, 6) is 1.23. The lowest BCUT2D eigenvalue weighted by molar-refractivity contribution is -0.118. The third-order valence-corrected chi connectivity index (χ3v) is 5.00. The Morgan fingerprint density at radius 2 is 1.63 bits per heavy atom. The molecule has 0 spiro atoms. The molecule has 30 heavy (non-hydrogen) atoms. The number of amides is 1. The van der Waals surface area contributed by atoms with Crippen molar-refractivity contribution < 1.29 is 14.3 Å². The molecule has 0 unspecified atom stereocenters. The molecule has 3 aromatic rings. The SMILES string of the molecule is COc1ccc(CN[C@H](C(=O)Nc2cc(C)ccc2C)c2ccccc2)cc1OC. The number of hydrogen-bond acceptors (Lipinski definition) is 4. The standard InChI is InChI=1S/C25H28N2O3/c1-17-10-11-18(2)21(14-17)27-25(28)24(20-8-6-5-7-9-20)26-16-19-12-13-22(29-3)23(15-19)30-4/h5-15,24,26H,16H2,1-4H3,(H,27,28)/t24-/m0/s1. The van der Waals surface area contributed by atoms with E-state index in [0.717, 1.165) is 27.9 Å². The van der Waals surface area contributed by atoms with Gasteiger partial charge in [0, 0.05) is 12.2 Å². The molecule has 0 saturated heterocycles. The van der Waals surface area contributed by atoms with Crippen molar-refractivity contribution >= 4 is 11.6 Å². The first-order valence-electron chi connectivity index (χ1n) is 9.89. The molecule has 0 aliphatic carbocycles. The maximum absolute atomic E-state index is 13.2. The fourth-order valence-electron chi connectivity index (χ4n) is 3.29. The number of aryl methyl sites for hydroxylation is 2. The first-order valence-corrected chi connectivity index (χ1v) is 9.89. The van der Waals surface area contributed by atoms with E-state index in [4.69, 9.17) is 9.47 Å². The van der Waals surface area contributed by atoms with E-state index in [2.05, 4.69) is 10.6 Å². The minimum Gasteiger partial charge on any atom is -0.493 e. The van der Waals surface area contributed by atoms with E-state index in [1.165, 1.54) is 0 Å². The summed E-state index contributed by atoms with van der Waals surface area (Å²) in [7, 11) is 3.22. The van der Waals surface area contributed by atoms with Crippen LogP contribution in [0.3, 0.4) is 0 Å². The van der Waals surface area contributed by atoms with Gasteiger partial charge in [0.05, 0.1) is 14.2 Å². The topological polar surface area (TPSA) is 59.6 Å². The molecule has 0 aliphatic rings. The lowest BCUT2D eigenvalue weighted by Crippen LogP contribution is -2.33. The quantitative estimate of drug-likeness (QED) is 0.567. The van der Waals surface area contributed by atoms with Crippen molar-refractivity contribution in [2.24, 2.45) is 0 Å². The molecule has 1 amide bonds. The van der Waals surface area contributed by atoms with Gasteiger partial charge in [0.15, 0.2) is 11.5 Å². The summed E-state index contributed by atoms with van der Waals surface area (Å²) in [5, 5.41) is 6.47. The van der Waals surface area contributed by atoms with E-state index in [-0.39, 0.29) is 5.91 Å². The third kappa shape index (κ3) is 5.19. The number of ether oxygens (including phenoxy) is 2. The Morgan fingerprint density at radius 1 is 0.900 bits per heavy atom. The van der Waals surface area contributed by atoms with Gasteiger partial charge in [0.25, 0.3) is 0 Å². The molecular weight excluding hydrogens is 376 g/mol. The van der Waals surface area contributed by atoms with Crippen LogP contribution in [0.5, 0.6) is 11.5 Å². The van der Waals surface area contributed by atoms with Crippen molar-refractivity contribution in [3.8, 4) is 11.5 Å². The first kappa shape index (κ1) is 21.4. The number of methoxy groups -OCH3 is 2.